The predicted molar refractivity (Wildman–Crippen MR) is 112 cm³/mol. The summed E-state index contributed by atoms with van der Waals surface area (Å²) in [4.78, 5) is 38.0. The van der Waals surface area contributed by atoms with Crippen molar-refractivity contribution in [1.29, 1.82) is 0 Å². The van der Waals surface area contributed by atoms with E-state index in [9.17, 15) is 9.59 Å². The van der Waals surface area contributed by atoms with E-state index in [0.29, 0.717) is 54.2 Å². The average molecular weight is 397 g/mol. The molecule has 1 aliphatic rings. The average Bonchev–Trinajstić information content (AvgIpc) is 2.78. The summed E-state index contributed by atoms with van der Waals surface area (Å²) in [6, 6.07) is 6.35. The Kier molecular flexibility index (Phi) is 3.64. The number of H-pyrrole nitrogens is 1. The molecule has 3 N–H and O–H groups in total. The van der Waals surface area contributed by atoms with Crippen molar-refractivity contribution in [2.45, 2.75) is 20.3 Å². The van der Waals surface area contributed by atoms with Crippen LogP contribution in [-0.2, 0) is 6.50 Å². The highest BCUT2D eigenvalue weighted by atomic mass is 16.1. The molecule has 0 bridgehead atoms. The Balaban J connectivity index is 1.54. The number of nitrogens with two attached hydrogens (primary N) is 1. The lowest BCUT2D eigenvalue weighted by atomic mass is 10.1. The molecule has 1 aromatic carbocycles. The number of benzene rings is 1. The fourth-order valence-electron chi connectivity index (χ4n) is 3.33. The molecule has 8 nitrogen and oxygen atoms in total. The molecule has 0 radical (unpaired) electrons. The SMILES string of the molecule is [2H]C([2H])([2H])c1cc(N2CCN(C([2H])([2H])c3ccc4nc(C)c(=O)[nH]c4c3)CC2)cnc1C(N)=O. The number of primary amides is 1. The summed E-state index contributed by atoms with van der Waals surface area (Å²) in [6.45, 7) is -1.19. The number of aromatic amines is 1. The lowest BCUT2D eigenvalue weighted by Crippen LogP contribution is -2.46. The third kappa shape index (κ3) is 3.97. The van der Waals surface area contributed by atoms with Crippen LogP contribution in [-0.4, -0.2) is 51.9 Å². The molecule has 1 fully saturated rings. The number of fused-ring (bicyclic) bond motifs is 1. The molecular weight excluding hydrogens is 368 g/mol. The highest BCUT2D eigenvalue weighted by molar-refractivity contribution is 5.92. The van der Waals surface area contributed by atoms with Crippen LogP contribution < -0.4 is 16.2 Å². The third-order valence-electron chi connectivity index (χ3n) is 4.90. The lowest BCUT2D eigenvalue weighted by Gasteiger charge is -2.36. The Morgan fingerprint density at radius 2 is 2.10 bits per heavy atom. The molecule has 1 amide bonds. The first-order valence-corrected chi connectivity index (χ1v) is 9.19. The van der Waals surface area contributed by atoms with Crippen LogP contribution in [0.25, 0.3) is 11.0 Å². The molecule has 2 aromatic heterocycles. The maximum atomic E-state index is 11.9. The van der Waals surface area contributed by atoms with Crippen molar-refractivity contribution < 1.29 is 11.6 Å². The quantitative estimate of drug-likeness (QED) is 0.688. The van der Waals surface area contributed by atoms with Gasteiger partial charge in [-0.2, -0.15) is 0 Å². The minimum atomic E-state index is -2.54. The van der Waals surface area contributed by atoms with E-state index in [1.807, 2.05) is 4.90 Å². The number of pyridine rings is 1. The van der Waals surface area contributed by atoms with E-state index in [1.54, 1.807) is 30.0 Å². The Hall–Kier alpha value is -3.26. The number of carbonyl (C=O) groups excluding carboxylic acids is 1. The summed E-state index contributed by atoms with van der Waals surface area (Å²) in [5.41, 5.74) is 6.80. The molecule has 0 spiro atoms. The number of rotatable bonds is 4. The van der Waals surface area contributed by atoms with Gasteiger partial charge in [0.25, 0.3) is 11.5 Å². The maximum absolute atomic E-state index is 11.9. The zero-order valence-electron chi connectivity index (χ0n) is 20.9. The molecule has 0 aliphatic carbocycles. The van der Waals surface area contributed by atoms with Crippen LogP contribution in [0.15, 0.2) is 35.3 Å². The zero-order valence-corrected chi connectivity index (χ0v) is 15.9. The summed E-state index contributed by atoms with van der Waals surface area (Å²) in [5, 5.41) is 0. The van der Waals surface area contributed by atoms with Crippen LogP contribution in [0.5, 0.6) is 0 Å². The molecule has 3 aromatic rings. The second-order valence-electron chi connectivity index (χ2n) is 6.92. The molecule has 8 heteroatoms. The topological polar surface area (TPSA) is 108 Å². The molecule has 29 heavy (non-hydrogen) atoms. The highest BCUT2D eigenvalue weighted by Crippen LogP contribution is 2.20. The summed E-state index contributed by atoms with van der Waals surface area (Å²) < 4.78 is 40.5. The minimum absolute atomic E-state index is 0.204. The molecule has 3 heterocycles. The zero-order chi connectivity index (χ0) is 24.8. The first-order valence-electron chi connectivity index (χ1n) is 11.7. The van der Waals surface area contributed by atoms with E-state index in [1.165, 1.54) is 12.3 Å². The van der Waals surface area contributed by atoms with Crippen LogP contribution in [0.4, 0.5) is 5.69 Å². The Labute approximate surface area is 175 Å². The number of anilines is 1. The maximum Gasteiger partial charge on any atom is 0.269 e. The normalized spacial score (nSPS) is 18.5. The summed E-state index contributed by atoms with van der Waals surface area (Å²) in [5.74, 6) is -0.905. The fourth-order valence-corrected chi connectivity index (χ4v) is 3.33. The number of aromatic nitrogens is 3. The molecule has 150 valence electrons. The number of nitrogens with zero attached hydrogens (tertiary/aromatic N) is 4. The molecule has 0 saturated carbocycles. The van der Waals surface area contributed by atoms with E-state index in [0.717, 1.165) is 0 Å². The van der Waals surface area contributed by atoms with Gasteiger partial charge in [0.05, 0.1) is 22.9 Å². The standard InChI is InChI=1S/C21H24N6O2/c1-13-9-16(11-23-19(13)20(22)28)27-7-5-26(6-8-27)12-15-3-4-17-18(10-15)25-21(29)14(2)24-17/h3-4,9-11H,5-8,12H2,1-2H3,(H2,22,28)(H,25,29)/i1D3,12D2. The molecule has 1 aliphatic heterocycles. The van der Waals surface area contributed by atoms with Crippen molar-refractivity contribution >= 4 is 22.6 Å². The number of amides is 1. The Morgan fingerprint density at radius 3 is 2.83 bits per heavy atom. The highest BCUT2D eigenvalue weighted by Gasteiger charge is 2.19. The first kappa shape index (κ1) is 13.8. The lowest BCUT2D eigenvalue weighted by molar-refractivity contribution is 0.0995. The van der Waals surface area contributed by atoms with E-state index >= 15 is 0 Å². The minimum Gasteiger partial charge on any atom is -0.368 e. The van der Waals surface area contributed by atoms with Gasteiger partial charge in [-0.05, 0) is 43.1 Å². The van der Waals surface area contributed by atoms with Crippen LogP contribution in [0, 0.1) is 13.8 Å². The van der Waals surface area contributed by atoms with Gasteiger partial charge in [-0.1, -0.05) is 6.07 Å². The summed E-state index contributed by atoms with van der Waals surface area (Å²) in [7, 11) is 0. The van der Waals surface area contributed by atoms with E-state index < -0.39 is 19.3 Å². The van der Waals surface area contributed by atoms with Crippen LogP contribution in [0.1, 0.15) is 34.2 Å². The summed E-state index contributed by atoms with van der Waals surface area (Å²) >= 11 is 0. The van der Waals surface area contributed by atoms with Gasteiger partial charge in [0.2, 0.25) is 0 Å². The molecular formula is C21H24N6O2. The van der Waals surface area contributed by atoms with Crippen molar-refractivity contribution in [3.63, 3.8) is 0 Å². The molecule has 1 saturated heterocycles. The van der Waals surface area contributed by atoms with E-state index in [-0.39, 0.29) is 16.8 Å². The smallest absolute Gasteiger partial charge is 0.269 e. The van der Waals surface area contributed by atoms with E-state index in [4.69, 9.17) is 12.6 Å². The third-order valence-corrected chi connectivity index (χ3v) is 4.90. The second kappa shape index (κ2) is 7.63. The number of aryl methyl sites for hydroxylation is 2. The van der Waals surface area contributed by atoms with Crippen molar-refractivity contribution in [2.24, 2.45) is 5.73 Å². The Morgan fingerprint density at radius 1 is 1.31 bits per heavy atom. The van der Waals surface area contributed by atoms with Gasteiger partial charge >= 0.3 is 0 Å². The molecule has 4 rings (SSSR count). The van der Waals surface area contributed by atoms with Crippen molar-refractivity contribution in [3.8, 4) is 0 Å². The van der Waals surface area contributed by atoms with Crippen molar-refractivity contribution in [2.75, 3.05) is 31.1 Å². The number of hydrogen-bond acceptors (Lipinski definition) is 6. The van der Waals surface area contributed by atoms with Crippen molar-refractivity contribution in [3.05, 3.63) is 63.3 Å². The van der Waals surface area contributed by atoms with Gasteiger partial charge < -0.3 is 15.6 Å². The number of hydrogen-bond donors (Lipinski definition) is 2. The largest absolute Gasteiger partial charge is 0.368 e. The monoisotopic (exact) mass is 397 g/mol. The Bertz CT molecular complexity index is 1320. The van der Waals surface area contributed by atoms with Gasteiger partial charge in [0.1, 0.15) is 11.4 Å². The van der Waals surface area contributed by atoms with Gasteiger partial charge in [-0.25, -0.2) is 9.97 Å². The molecule has 0 unspecified atom stereocenters. The summed E-state index contributed by atoms with van der Waals surface area (Å²) in [6.07, 6.45) is 1.41. The first-order chi connectivity index (χ1) is 15.9. The van der Waals surface area contributed by atoms with E-state index in [2.05, 4.69) is 15.0 Å². The van der Waals surface area contributed by atoms with Gasteiger partial charge in [0.15, 0.2) is 0 Å². The number of nitrogens with one attached hydrogen (secondary N) is 1. The predicted octanol–water partition coefficient (Wildman–Crippen LogP) is 1.36. The number of piperazine rings is 1. The second-order valence-corrected chi connectivity index (χ2v) is 6.92. The van der Waals surface area contributed by atoms with Gasteiger partial charge in [-0.15, -0.1) is 0 Å². The van der Waals surface area contributed by atoms with Crippen LogP contribution >= 0.6 is 0 Å². The number of carbonyl (C=O) groups is 1. The van der Waals surface area contributed by atoms with Crippen LogP contribution in [0.2, 0.25) is 0 Å². The van der Waals surface area contributed by atoms with Gasteiger partial charge in [-0.3, -0.25) is 14.5 Å². The van der Waals surface area contributed by atoms with Crippen LogP contribution in [0.3, 0.4) is 0 Å². The van der Waals surface area contributed by atoms with Gasteiger partial charge in [0, 0.05) is 39.5 Å². The fraction of sp³-hybridized carbons (Fsp3) is 0.333. The van der Waals surface area contributed by atoms with Crippen molar-refractivity contribution in [1.82, 2.24) is 19.9 Å². The molecule has 0 atom stereocenters.